The molecule has 1 saturated heterocycles. The molecule has 2 heterocycles. The average Bonchev–Trinajstić information content (AvgIpc) is 2.61. The van der Waals surface area contributed by atoms with Crippen molar-refractivity contribution < 1.29 is 9.53 Å². The number of aryl methyl sites for hydroxylation is 3. The van der Waals surface area contributed by atoms with E-state index >= 15 is 0 Å². The van der Waals surface area contributed by atoms with Crippen molar-refractivity contribution in [3.05, 3.63) is 17.5 Å². The molecular formula is C13H21N3O2. The lowest BCUT2D eigenvalue weighted by Gasteiger charge is -2.38. The maximum Gasteiger partial charge on any atom is 0.323 e. The Hall–Kier alpha value is -1.36. The first-order chi connectivity index (χ1) is 8.61. The van der Waals surface area contributed by atoms with E-state index in [9.17, 15) is 4.79 Å². The molecule has 5 nitrogen and oxygen atoms in total. The zero-order valence-electron chi connectivity index (χ0n) is 11.3. The van der Waals surface area contributed by atoms with Gasteiger partial charge in [0.2, 0.25) is 0 Å². The number of carbonyl (C=O) groups is 1. The maximum absolute atomic E-state index is 11.4. The van der Waals surface area contributed by atoms with E-state index in [2.05, 4.69) is 23.0 Å². The molecule has 100 valence electrons. The second-order valence-corrected chi connectivity index (χ2v) is 4.87. The predicted molar refractivity (Wildman–Crippen MR) is 68.3 cm³/mol. The molecule has 18 heavy (non-hydrogen) atoms. The second-order valence-electron chi connectivity index (χ2n) is 4.87. The van der Waals surface area contributed by atoms with Crippen LogP contribution in [0.2, 0.25) is 0 Å². The molecular weight excluding hydrogens is 230 g/mol. The molecule has 1 unspecified atom stereocenters. The van der Waals surface area contributed by atoms with Crippen LogP contribution in [-0.2, 0) is 16.1 Å². The molecule has 0 saturated carbocycles. The number of ether oxygens (including phenoxy) is 1. The highest BCUT2D eigenvalue weighted by Gasteiger charge is 2.34. The SMILES string of the molecule is COC(=O)C1CCN1CCCn1nc(C)cc1C. The van der Waals surface area contributed by atoms with Gasteiger partial charge in [-0.25, -0.2) is 0 Å². The maximum atomic E-state index is 11.4. The predicted octanol–water partition coefficient (Wildman–Crippen LogP) is 1.14. The van der Waals surface area contributed by atoms with E-state index in [0.717, 1.165) is 38.2 Å². The first kappa shape index (κ1) is 13.1. The van der Waals surface area contributed by atoms with Crippen LogP contribution in [0.15, 0.2) is 6.07 Å². The lowest BCUT2D eigenvalue weighted by atomic mass is 10.0. The lowest BCUT2D eigenvalue weighted by molar-refractivity contribution is -0.151. The number of carbonyl (C=O) groups excluding carboxylic acids is 1. The van der Waals surface area contributed by atoms with Crippen LogP contribution in [0.1, 0.15) is 24.2 Å². The van der Waals surface area contributed by atoms with Crippen molar-refractivity contribution >= 4 is 5.97 Å². The molecule has 5 heteroatoms. The molecule has 1 aromatic heterocycles. The highest BCUT2D eigenvalue weighted by Crippen LogP contribution is 2.18. The van der Waals surface area contributed by atoms with E-state index < -0.39 is 0 Å². The Bertz CT molecular complexity index is 428. The quantitative estimate of drug-likeness (QED) is 0.736. The van der Waals surface area contributed by atoms with Gasteiger partial charge < -0.3 is 4.74 Å². The highest BCUT2D eigenvalue weighted by atomic mass is 16.5. The van der Waals surface area contributed by atoms with Gasteiger partial charge in [-0.15, -0.1) is 0 Å². The van der Waals surface area contributed by atoms with Gasteiger partial charge in [-0.1, -0.05) is 0 Å². The van der Waals surface area contributed by atoms with E-state index in [-0.39, 0.29) is 12.0 Å². The third-order valence-corrected chi connectivity index (χ3v) is 3.52. The Kier molecular flexibility index (Phi) is 4.01. The summed E-state index contributed by atoms with van der Waals surface area (Å²) < 4.78 is 6.80. The van der Waals surface area contributed by atoms with Gasteiger partial charge in [0.25, 0.3) is 0 Å². The Balaban J connectivity index is 1.76. The summed E-state index contributed by atoms with van der Waals surface area (Å²) in [6.07, 6.45) is 1.93. The van der Waals surface area contributed by atoms with E-state index in [1.807, 2.05) is 11.6 Å². The summed E-state index contributed by atoms with van der Waals surface area (Å²) in [6.45, 7) is 6.91. The molecule has 0 aliphatic carbocycles. The lowest BCUT2D eigenvalue weighted by Crippen LogP contribution is -2.53. The molecule has 0 amide bonds. The van der Waals surface area contributed by atoms with Crippen molar-refractivity contribution in [1.29, 1.82) is 0 Å². The Labute approximate surface area is 108 Å². The van der Waals surface area contributed by atoms with Crippen LogP contribution in [-0.4, -0.2) is 46.9 Å². The Morgan fingerprint density at radius 1 is 1.50 bits per heavy atom. The molecule has 0 N–H and O–H groups in total. The zero-order valence-corrected chi connectivity index (χ0v) is 11.3. The summed E-state index contributed by atoms with van der Waals surface area (Å²) in [6, 6.07) is 2.07. The van der Waals surface area contributed by atoms with Crippen molar-refractivity contribution in [3.8, 4) is 0 Å². The van der Waals surface area contributed by atoms with Gasteiger partial charge in [-0.2, -0.15) is 5.10 Å². The number of likely N-dealkylation sites (tertiary alicyclic amines) is 1. The molecule has 0 aromatic carbocycles. The standard InChI is InChI=1S/C13H21N3O2/c1-10-9-11(2)16(14-10)7-4-6-15-8-5-12(15)13(17)18-3/h9,12H,4-8H2,1-3H3. The number of rotatable bonds is 5. The summed E-state index contributed by atoms with van der Waals surface area (Å²) in [7, 11) is 1.45. The molecule has 1 fully saturated rings. The van der Waals surface area contributed by atoms with Crippen LogP contribution < -0.4 is 0 Å². The van der Waals surface area contributed by atoms with Gasteiger partial charge in [0.05, 0.1) is 12.8 Å². The molecule has 1 aliphatic heterocycles. The number of hydrogen-bond donors (Lipinski definition) is 0. The van der Waals surface area contributed by atoms with Gasteiger partial charge >= 0.3 is 5.97 Å². The fourth-order valence-electron chi connectivity index (χ4n) is 2.44. The summed E-state index contributed by atoms with van der Waals surface area (Å²) in [5.74, 6) is -0.104. The van der Waals surface area contributed by atoms with E-state index in [1.165, 1.54) is 12.8 Å². The topological polar surface area (TPSA) is 47.4 Å². The van der Waals surface area contributed by atoms with Crippen molar-refractivity contribution in [2.75, 3.05) is 20.2 Å². The molecule has 1 atom stereocenters. The van der Waals surface area contributed by atoms with Crippen LogP contribution in [0.3, 0.4) is 0 Å². The fraction of sp³-hybridized carbons (Fsp3) is 0.692. The number of methoxy groups -OCH3 is 1. The van der Waals surface area contributed by atoms with Gasteiger partial charge in [0.1, 0.15) is 6.04 Å². The first-order valence-electron chi connectivity index (χ1n) is 6.44. The monoisotopic (exact) mass is 251 g/mol. The third kappa shape index (κ3) is 2.72. The molecule has 0 bridgehead atoms. The molecule has 0 radical (unpaired) electrons. The zero-order chi connectivity index (χ0) is 13.1. The van der Waals surface area contributed by atoms with Gasteiger partial charge in [-0.3, -0.25) is 14.4 Å². The van der Waals surface area contributed by atoms with Crippen LogP contribution in [0.5, 0.6) is 0 Å². The summed E-state index contributed by atoms with van der Waals surface area (Å²) >= 11 is 0. The summed E-state index contributed by atoms with van der Waals surface area (Å²) in [5.41, 5.74) is 2.25. The number of nitrogens with zero attached hydrogens (tertiary/aromatic N) is 3. The highest BCUT2D eigenvalue weighted by molar-refractivity contribution is 5.76. The Morgan fingerprint density at radius 3 is 2.78 bits per heavy atom. The molecule has 0 spiro atoms. The van der Waals surface area contributed by atoms with Gasteiger partial charge in [0, 0.05) is 25.3 Å². The smallest absolute Gasteiger partial charge is 0.323 e. The van der Waals surface area contributed by atoms with Crippen LogP contribution in [0.4, 0.5) is 0 Å². The fourth-order valence-corrected chi connectivity index (χ4v) is 2.44. The van der Waals surface area contributed by atoms with E-state index in [4.69, 9.17) is 4.74 Å². The minimum absolute atomic E-state index is 0.0181. The summed E-state index contributed by atoms with van der Waals surface area (Å²) in [5, 5.41) is 4.43. The Morgan fingerprint density at radius 2 is 2.28 bits per heavy atom. The second kappa shape index (κ2) is 5.52. The minimum Gasteiger partial charge on any atom is -0.468 e. The number of hydrogen-bond acceptors (Lipinski definition) is 4. The number of aromatic nitrogens is 2. The van der Waals surface area contributed by atoms with E-state index in [0.29, 0.717) is 0 Å². The largest absolute Gasteiger partial charge is 0.468 e. The van der Waals surface area contributed by atoms with Gasteiger partial charge in [-0.05, 0) is 32.8 Å². The normalized spacial score (nSPS) is 19.6. The molecule has 2 rings (SSSR count). The van der Waals surface area contributed by atoms with Crippen molar-refractivity contribution in [2.45, 2.75) is 39.3 Å². The van der Waals surface area contributed by atoms with Crippen LogP contribution in [0.25, 0.3) is 0 Å². The molecule has 1 aliphatic rings. The van der Waals surface area contributed by atoms with E-state index in [1.54, 1.807) is 0 Å². The van der Waals surface area contributed by atoms with Crippen molar-refractivity contribution in [1.82, 2.24) is 14.7 Å². The van der Waals surface area contributed by atoms with Crippen LogP contribution >= 0.6 is 0 Å². The molecule has 1 aromatic rings. The first-order valence-corrected chi connectivity index (χ1v) is 6.44. The average molecular weight is 251 g/mol. The summed E-state index contributed by atoms with van der Waals surface area (Å²) in [4.78, 5) is 13.6. The minimum atomic E-state index is -0.104. The van der Waals surface area contributed by atoms with Crippen molar-refractivity contribution in [3.63, 3.8) is 0 Å². The number of esters is 1. The van der Waals surface area contributed by atoms with Crippen LogP contribution in [0, 0.1) is 13.8 Å². The van der Waals surface area contributed by atoms with Crippen molar-refractivity contribution in [2.24, 2.45) is 0 Å². The van der Waals surface area contributed by atoms with Gasteiger partial charge in [0.15, 0.2) is 0 Å². The third-order valence-electron chi connectivity index (χ3n) is 3.52.